The predicted octanol–water partition coefficient (Wildman–Crippen LogP) is 4.46. The number of hydrogen-bond donors (Lipinski definition) is 1. The van der Waals surface area contributed by atoms with Crippen LogP contribution in [-0.4, -0.2) is 32.4 Å². The van der Waals surface area contributed by atoms with E-state index in [-0.39, 0.29) is 12.5 Å². The molecule has 0 radical (unpaired) electrons. The summed E-state index contributed by atoms with van der Waals surface area (Å²) in [6.07, 6.45) is 2.36. The average Bonchev–Trinajstić information content (AvgIpc) is 2.80. The fourth-order valence-electron chi connectivity index (χ4n) is 3.12. The number of hydrazone groups is 1. The summed E-state index contributed by atoms with van der Waals surface area (Å²) < 4.78 is 16.8. The van der Waals surface area contributed by atoms with Gasteiger partial charge in [-0.1, -0.05) is 48.0 Å². The van der Waals surface area contributed by atoms with Gasteiger partial charge in [-0.05, 0) is 54.8 Å². The van der Waals surface area contributed by atoms with E-state index in [2.05, 4.69) is 22.7 Å². The van der Waals surface area contributed by atoms with Crippen molar-refractivity contribution in [3.8, 4) is 17.2 Å². The minimum absolute atomic E-state index is 0.112. The molecule has 0 atom stereocenters. The SMILES string of the molecule is COc1cc(/C=N/NC(=O)COc2ccc(C)cc2C)ccc1OCCc1ccccc1. The van der Waals surface area contributed by atoms with Crippen LogP contribution in [0.4, 0.5) is 0 Å². The molecule has 0 aliphatic carbocycles. The van der Waals surface area contributed by atoms with Crippen LogP contribution in [0.3, 0.4) is 0 Å². The number of rotatable bonds is 10. The summed E-state index contributed by atoms with van der Waals surface area (Å²) in [4.78, 5) is 12.0. The number of hydrogen-bond acceptors (Lipinski definition) is 5. The topological polar surface area (TPSA) is 69.2 Å². The summed E-state index contributed by atoms with van der Waals surface area (Å²) >= 11 is 0. The number of aryl methyl sites for hydroxylation is 2. The molecule has 0 unspecified atom stereocenters. The number of benzene rings is 3. The Labute approximate surface area is 188 Å². The van der Waals surface area contributed by atoms with Crippen LogP contribution in [0.1, 0.15) is 22.3 Å². The average molecular weight is 433 g/mol. The summed E-state index contributed by atoms with van der Waals surface area (Å²) in [6.45, 7) is 4.39. The molecule has 0 spiro atoms. The van der Waals surface area contributed by atoms with Crippen molar-refractivity contribution in [2.75, 3.05) is 20.3 Å². The number of nitrogens with one attached hydrogen (secondary N) is 1. The molecule has 0 saturated carbocycles. The molecule has 1 amide bonds. The first-order valence-electron chi connectivity index (χ1n) is 10.4. The van der Waals surface area contributed by atoms with E-state index in [0.717, 1.165) is 23.1 Å². The highest BCUT2D eigenvalue weighted by Gasteiger charge is 2.07. The monoisotopic (exact) mass is 432 g/mol. The van der Waals surface area contributed by atoms with Crippen LogP contribution in [0.5, 0.6) is 17.2 Å². The van der Waals surface area contributed by atoms with Crippen LogP contribution in [0.2, 0.25) is 0 Å². The molecule has 0 aliphatic heterocycles. The quantitative estimate of drug-likeness (QED) is 0.379. The number of carbonyl (C=O) groups excluding carboxylic acids is 1. The van der Waals surface area contributed by atoms with E-state index < -0.39 is 0 Å². The summed E-state index contributed by atoms with van der Waals surface area (Å²) in [5.41, 5.74) is 6.59. The molecule has 0 aromatic heterocycles. The predicted molar refractivity (Wildman–Crippen MR) is 126 cm³/mol. The van der Waals surface area contributed by atoms with Gasteiger partial charge in [-0.2, -0.15) is 5.10 Å². The third-order valence-corrected chi connectivity index (χ3v) is 4.77. The van der Waals surface area contributed by atoms with Gasteiger partial charge in [-0.25, -0.2) is 5.43 Å². The highest BCUT2D eigenvalue weighted by Crippen LogP contribution is 2.27. The zero-order valence-electron chi connectivity index (χ0n) is 18.6. The number of nitrogens with zero attached hydrogens (tertiary/aromatic N) is 1. The van der Waals surface area contributed by atoms with Gasteiger partial charge in [0.1, 0.15) is 5.75 Å². The number of ether oxygens (including phenoxy) is 3. The van der Waals surface area contributed by atoms with E-state index in [4.69, 9.17) is 14.2 Å². The van der Waals surface area contributed by atoms with E-state index in [9.17, 15) is 4.79 Å². The number of methoxy groups -OCH3 is 1. The van der Waals surface area contributed by atoms with Gasteiger partial charge in [0, 0.05) is 6.42 Å². The molecule has 3 rings (SSSR count). The molecule has 3 aromatic rings. The molecule has 166 valence electrons. The Bertz CT molecular complexity index is 1060. The molecule has 0 saturated heterocycles. The Morgan fingerprint density at radius 3 is 2.47 bits per heavy atom. The summed E-state index contributed by atoms with van der Waals surface area (Å²) in [6, 6.07) is 21.5. The molecule has 0 aliphatic rings. The Kier molecular flexibility index (Phi) is 8.26. The van der Waals surface area contributed by atoms with Gasteiger partial charge in [0.05, 0.1) is 19.9 Å². The Balaban J connectivity index is 1.48. The second kappa shape index (κ2) is 11.6. The molecule has 3 aromatic carbocycles. The highest BCUT2D eigenvalue weighted by molar-refractivity contribution is 5.83. The summed E-state index contributed by atoms with van der Waals surface area (Å²) in [7, 11) is 1.59. The second-order valence-electron chi connectivity index (χ2n) is 7.35. The first-order valence-corrected chi connectivity index (χ1v) is 10.4. The highest BCUT2D eigenvalue weighted by atomic mass is 16.5. The number of amides is 1. The van der Waals surface area contributed by atoms with Crippen molar-refractivity contribution in [3.05, 3.63) is 89.0 Å². The van der Waals surface area contributed by atoms with Crippen molar-refractivity contribution in [1.82, 2.24) is 5.43 Å². The van der Waals surface area contributed by atoms with E-state index in [1.807, 2.05) is 62.4 Å². The first-order chi connectivity index (χ1) is 15.5. The van der Waals surface area contributed by atoms with Gasteiger partial charge in [0.25, 0.3) is 5.91 Å². The van der Waals surface area contributed by atoms with Gasteiger partial charge < -0.3 is 14.2 Å². The minimum Gasteiger partial charge on any atom is -0.493 e. The van der Waals surface area contributed by atoms with E-state index in [0.29, 0.717) is 23.9 Å². The van der Waals surface area contributed by atoms with Gasteiger partial charge >= 0.3 is 0 Å². The van der Waals surface area contributed by atoms with Crippen LogP contribution >= 0.6 is 0 Å². The molecule has 0 heterocycles. The van der Waals surface area contributed by atoms with Crippen molar-refractivity contribution in [2.45, 2.75) is 20.3 Å². The molecular formula is C26H28N2O4. The zero-order chi connectivity index (χ0) is 22.8. The van der Waals surface area contributed by atoms with Crippen LogP contribution in [0.25, 0.3) is 0 Å². The second-order valence-corrected chi connectivity index (χ2v) is 7.35. The summed E-state index contributed by atoms with van der Waals surface area (Å²) in [5, 5.41) is 4.00. The Morgan fingerprint density at radius 1 is 0.938 bits per heavy atom. The van der Waals surface area contributed by atoms with Gasteiger partial charge in [-0.15, -0.1) is 0 Å². The Morgan fingerprint density at radius 2 is 1.72 bits per heavy atom. The van der Waals surface area contributed by atoms with Crippen molar-refractivity contribution < 1.29 is 19.0 Å². The van der Waals surface area contributed by atoms with Crippen LogP contribution in [-0.2, 0) is 11.2 Å². The van der Waals surface area contributed by atoms with Gasteiger partial charge in [0.2, 0.25) is 0 Å². The van der Waals surface area contributed by atoms with Gasteiger partial charge in [-0.3, -0.25) is 4.79 Å². The standard InChI is InChI=1S/C26H28N2O4/c1-19-9-11-23(20(2)15-19)32-18-26(29)28-27-17-22-10-12-24(25(16-22)30-3)31-14-13-21-7-5-4-6-8-21/h4-12,15-17H,13-14,18H2,1-3H3,(H,28,29)/b27-17+. The Hall–Kier alpha value is -3.80. The van der Waals surface area contributed by atoms with Crippen molar-refractivity contribution in [1.29, 1.82) is 0 Å². The maximum Gasteiger partial charge on any atom is 0.277 e. The lowest BCUT2D eigenvalue weighted by Gasteiger charge is -2.11. The summed E-state index contributed by atoms with van der Waals surface area (Å²) in [5.74, 6) is 1.61. The third kappa shape index (κ3) is 6.87. The van der Waals surface area contributed by atoms with E-state index >= 15 is 0 Å². The van der Waals surface area contributed by atoms with Crippen molar-refractivity contribution in [2.24, 2.45) is 5.10 Å². The largest absolute Gasteiger partial charge is 0.493 e. The maximum atomic E-state index is 12.0. The lowest BCUT2D eigenvalue weighted by Crippen LogP contribution is -2.24. The first kappa shape index (κ1) is 22.9. The molecule has 1 N–H and O–H groups in total. The van der Waals surface area contributed by atoms with E-state index in [1.165, 1.54) is 5.56 Å². The van der Waals surface area contributed by atoms with Crippen molar-refractivity contribution in [3.63, 3.8) is 0 Å². The molecule has 32 heavy (non-hydrogen) atoms. The normalized spacial score (nSPS) is 10.7. The lowest BCUT2D eigenvalue weighted by atomic mass is 10.1. The molecular weight excluding hydrogens is 404 g/mol. The molecule has 0 fully saturated rings. The van der Waals surface area contributed by atoms with Gasteiger partial charge in [0.15, 0.2) is 18.1 Å². The van der Waals surface area contributed by atoms with Crippen LogP contribution < -0.4 is 19.6 Å². The fraction of sp³-hybridized carbons (Fsp3) is 0.231. The lowest BCUT2D eigenvalue weighted by molar-refractivity contribution is -0.123. The number of carbonyl (C=O) groups is 1. The molecule has 0 bridgehead atoms. The van der Waals surface area contributed by atoms with Crippen molar-refractivity contribution >= 4 is 12.1 Å². The van der Waals surface area contributed by atoms with E-state index in [1.54, 1.807) is 19.4 Å². The van der Waals surface area contributed by atoms with Crippen LogP contribution in [0.15, 0.2) is 71.8 Å². The van der Waals surface area contributed by atoms with Crippen LogP contribution in [0, 0.1) is 13.8 Å². The smallest absolute Gasteiger partial charge is 0.277 e. The molecule has 6 heteroatoms. The minimum atomic E-state index is -0.339. The third-order valence-electron chi connectivity index (χ3n) is 4.77. The zero-order valence-corrected chi connectivity index (χ0v) is 18.6. The maximum absolute atomic E-state index is 12.0. The fourth-order valence-corrected chi connectivity index (χ4v) is 3.12. The molecule has 6 nitrogen and oxygen atoms in total.